The van der Waals surface area contributed by atoms with E-state index in [2.05, 4.69) is 14.7 Å². The first-order valence-corrected chi connectivity index (χ1v) is 5.16. The lowest BCUT2D eigenvalue weighted by atomic mass is 9.99. The minimum Gasteiger partial charge on any atom is -0.332 e. The van der Waals surface area contributed by atoms with Crippen LogP contribution < -0.4 is 5.73 Å². The van der Waals surface area contributed by atoms with Crippen molar-refractivity contribution in [2.75, 3.05) is 0 Å². The Morgan fingerprint density at radius 2 is 1.83 bits per heavy atom. The monoisotopic (exact) mass is 289 g/mol. The molecule has 1 aliphatic rings. The maximum absolute atomic E-state index is 12.9. The molecule has 1 saturated carbocycles. The van der Waals surface area contributed by atoms with Gasteiger partial charge < -0.3 is 10.3 Å². The first-order valence-electron chi connectivity index (χ1n) is 5.16. The summed E-state index contributed by atoms with van der Waals surface area (Å²) in [7, 11) is 0. The molecule has 0 saturated heterocycles. The zero-order valence-corrected chi connectivity index (χ0v) is 10.0. The molecule has 0 spiro atoms. The summed E-state index contributed by atoms with van der Waals surface area (Å²) in [5, 5.41) is 3.29. The van der Waals surface area contributed by atoms with Crippen LogP contribution in [-0.2, 0) is 11.5 Å². The van der Waals surface area contributed by atoms with Crippen LogP contribution in [0.5, 0.6) is 0 Å². The molecule has 1 fully saturated rings. The molecular weight excluding hydrogens is 278 g/mol. The quantitative estimate of drug-likeness (QED) is 0.869. The van der Waals surface area contributed by atoms with E-state index in [9.17, 15) is 17.6 Å². The van der Waals surface area contributed by atoms with Crippen LogP contribution in [0.2, 0.25) is 0 Å². The van der Waals surface area contributed by atoms with Gasteiger partial charge >= 0.3 is 18.2 Å². The van der Waals surface area contributed by atoms with Crippen LogP contribution in [0, 0.1) is 0 Å². The standard InChI is InChI=1S/C9H11F4N3O.ClH/c10-5(11)9(12,13)7-15-6(16-17-7)8(14)3-1-2-4-8;/h5H,1-4,14H2;1H. The third-order valence-electron chi connectivity index (χ3n) is 2.93. The maximum Gasteiger partial charge on any atom is 0.383 e. The molecule has 0 aromatic carbocycles. The fourth-order valence-corrected chi connectivity index (χ4v) is 1.88. The number of aromatic nitrogens is 2. The molecular formula is C9H12ClF4N3O. The molecule has 1 heterocycles. The van der Waals surface area contributed by atoms with Gasteiger partial charge in [-0.05, 0) is 12.8 Å². The molecule has 0 unspecified atom stereocenters. The molecule has 9 heteroatoms. The molecule has 0 aliphatic heterocycles. The molecule has 1 aromatic rings. The van der Waals surface area contributed by atoms with E-state index in [1.165, 1.54) is 0 Å². The third kappa shape index (κ3) is 2.44. The molecule has 1 aliphatic carbocycles. The summed E-state index contributed by atoms with van der Waals surface area (Å²) in [5.74, 6) is -5.93. The van der Waals surface area contributed by atoms with E-state index in [0.29, 0.717) is 12.8 Å². The average Bonchev–Trinajstić information content (AvgIpc) is 2.86. The Morgan fingerprint density at radius 1 is 1.28 bits per heavy atom. The summed E-state index contributed by atoms with van der Waals surface area (Å²) in [6.45, 7) is 0. The van der Waals surface area contributed by atoms with Gasteiger partial charge in [-0.1, -0.05) is 18.0 Å². The first-order chi connectivity index (χ1) is 7.86. The highest BCUT2D eigenvalue weighted by atomic mass is 35.5. The normalized spacial score (nSPS) is 19.0. The van der Waals surface area contributed by atoms with E-state index >= 15 is 0 Å². The molecule has 0 amide bonds. The minimum atomic E-state index is -4.43. The van der Waals surface area contributed by atoms with Crippen molar-refractivity contribution in [1.29, 1.82) is 0 Å². The number of halogens is 5. The number of rotatable bonds is 3. The van der Waals surface area contributed by atoms with E-state index in [-0.39, 0.29) is 18.2 Å². The number of alkyl halides is 4. The predicted molar refractivity (Wildman–Crippen MR) is 55.8 cm³/mol. The minimum absolute atomic E-state index is 0. The fourth-order valence-electron chi connectivity index (χ4n) is 1.88. The van der Waals surface area contributed by atoms with Crippen LogP contribution in [0.15, 0.2) is 4.52 Å². The summed E-state index contributed by atoms with van der Waals surface area (Å²) in [5.41, 5.74) is 4.97. The average molecular weight is 290 g/mol. The lowest BCUT2D eigenvalue weighted by molar-refractivity contribution is -0.152. The van der Waals surface area contributed by atoms with Crippen LogP contribution in [0.1, 0.15) is 37.4 Å². The van der Waals surface area contributed by atoms with Crippen molar-refractivity contribution in [3.05, 3.63) is 11.7 Å². The van der Waals surface area contributed by atoms with Gasteiger partial charge in [-0.2, -0.15) is 13.8 Å². The smallest absolute Gasteiger partial charge is 0.332 e. The van der Waals surface area contributed by atoms with Crippen molar-refractivity contribution in [2.24, 2.45) is 5.73 Å². The molecule has 4 nitrogen and oxygen atoms in total. The molecule has 0 bridgehead atoms. The topological polar surface area (TPSA) is 64.9 Å². The highest BCUT2D eigenvalue weighted by Gasteiger charge is 2.49. The van der Waals surface area contributed by atoms with Crippen molar-refractivity contribution in [3.8, 4) is 0 Å². The van der Waals surface area contributed by atoms with Crippen LogP contribution in [-0.4, -0.2) is 16.6 Å². The first kappa shape index (κ1) is 15.2. The molecule has 0 radical (unpaired) electrons. The highest BCUT2D eigenvalue weighted by molar-refractivity contribution is 5.85. The lowest BCUT2D eigenvalue weighted by Crippen LogP contribution is -2.34. The molecule has 2 rings (SSSR count). The van der Waals surface area contributed by atoms with Crippen LogP contribution in [0.4, 0.5) is 17.6 Å². The Balaban J connectivity index is 0.00000162. The predicted octanol–water partition coefficient (Wildman–Crippen LogP) is 2.58. The Morgan fingerprint density at radius 3 is 2.33 bits per heavy atom. The lowest BCUT2D eigenvalue weighted by Gasteiger charge is -2.17. The second-order valence-corrected chi connectivity index (χ2v) is 4.21. The van der Waals surface area contributed by atoms with Gasteiger partial charge in [-0.15, -0.1) is 12.4 Å². The van der Waals surface area contributed by atoms with E-state index in [1.54, 1.807) is 0 Å². The van der Waals surface area contributed by atoms with Gasteiger partial charge in [0.15, 0.2) is 5.82 Å². The van der Waals surface area contributed by atoms with Gasteiger partial charge in [-0.3, -0.25) is 0 Å². The Hall–Kier alpha value is -0.890. The summed E-state index contributed by atoms with van der Waals surface area (Å²) in [6.07, 6.45) is -1.16. The van der Waals surface area contributed by atoms with Gasteiger partial charge in [0.2, 0.25) is 0 Å². The fraction of sp³-hybridized carbons (Fsp3) is 0.778. The number of nitrogens with zero attached hydrogens (tertiary/aromatic N) is 2. The second-order valence-electron chi connectivity index (χ2n) is 4.21. The van der Waals surface area contributed by atoms with Crippen molar-refractivity contribution in [2.45, 2.75) is 43.6 Å². The van der Waals surface area contributed by atoms with Crippen molar-refractivity contribution < 1.29 is 22.1 Å². The summed E-state index contributed by atoms with van der Waals surface area (Å²) < 4.78 is 54.2. The zero-order valence-electron chi connectivity index (χ0n) is 9.21. The van der Waals surface area contributed by atoms with Crippen LogP contribution >= 0.6 is 12.4 Å². The van der Waals surface area contributed by atoms with Crippen LogP contribution in [0.25, 0.3) is 0 Å². The summed E-state index contributed by atoms with van der Waals surface area (Å²) in [6, 6.07) is 0. The van der Waals surface area contributed by atoms with Gasteiger partial charge in [0, 0.05) is 0 Å². The van der Waals surface area contributed by atoms with E-state index in [0.717, 1.165) is 12.8 Å². The van der Waals surface area contributed by atoms with Gasteiger partial charge in [0.05, 0.1) is 5.54 Å². The van der Waals surface area contributed by atoms with Crippen molar-refractivity contribution in [1.82, 2.24) is 10.1 Å². The summed E-state index contributed by atoms with van der Waals surface area (Å²) >= 11 is 0. The summed E-state index contributed by atoms with van der Waals surface area (Å²) in [4.78, 5) is 3.32. The van der Waals surface area contributed by atoms with E-state index < -0.39 is 23.8 Å². The van der Waals surface area contributed by atoms with Crippen molar-refractivity contribution >= 4 is 12.4 Å². The zero-order chi connectivity index (χ0) is 12.7. The molecule has 2 N–H and O–H groups in total. The number of nitrogens with two attached hydrogens (primary N) is 1. The van der Waals surface area contributed by atoms with Gasteiger partial charge in [-0.25, -0.2) is 8.78 Å². The molecule has 1 aromatic heterocycles. The van der Waals surface area contributed by atoms with Crippen molar-refractivity contribution in [3.63, 3.8) is 0 Å². The van der Waals surface area contributed by atoms with Gasteiger partial charge in [0.1, 0.15) is 0 Å². The molecule has 0 atom stereocenters. The SMILES string of the molecule is Cl.NC1(c2noc(C(F)(F)C(F)F)n2)CCCC1. The van der Waals surface area contributed by atoms with Gasteiger partial charge in [0.25, 0.3) is 0 Å². The Labute approximate surface area is 106 Å². The van der Waals surface area contributed by atoms with E-state index in [1.807, 2.05) is 0 Å². The largest absolute Gasteiger partial charge is 0.383 e. The van der Waals surface area contributed by atoms with Crippen LogP contribution in [0.3, 0.4) is 0 Å². The highest BCUT2D eigenvalue weighted by Crippen LogP contribution is 2.38. The number of hydrogen-bond donors (Lipinski definition) is 1. The Bertz CT molecular complexity index is 387. The third-order valence-corrected chi connectivity index (χ3v) is 2.93. The van der Waals surface area contributed by atoms with E-state index in [4.69, 9.17) is 5.73 Å². The second kappa shape index (κ2) is 5.00. The molecule has 18 heavy (non-hydrogen) atoms. The number of hydrogen-bond acceptors (Lipinski definition) is 4. The maximum atomic E-state index is 12.9. The Kier molecular flexibility index (Phi) is 4.22. The molecule has 104 valence electrons.